The predicted octanol–water partition coefficient (Wildman–Crippen LogP) is 0.429. The van der Waals surface area contributed by atoms with Crippen LogP contribution in [0.4, 0.5) is 0 Å². The largest absolute Gasteiger partial charge is 0.370 e. The van der Waals surface area contributed by atoms with Crippen molar-refractivity contribution < 1.29 is 4.79 Å². The minimum atomic E-state index is -0.278. The lowest BCUT2D eigenvalue weighted by atomic mass is 10.3. The van der Waals surface area contributed by atoms with Crippen molar-refractivity contribution in [2.45, 2.75) is 32.9 Å². The quantitative estimate of drug-likeness (QED) is 0.669. The molecule has 1 aromatic heterocycles. The number of hydrogen-bond donors (Lipinski definition) is 2. The standard InChI is InChI=1S/C10H18N4O/c1-8(2)14-7-13-6-9(14)5-12-4-3-10(11)15/h6-8,12H,3-5H2,1-2H3,(H2,11,15). The SMILES string of the molecule is CC(C)n1cncc1CNCCC(N)=O. The zero-order valence-corrected chi connectivity index (χ0v) is 9.23. The van der Waals surface area contributed by atoms with Crippen molar-refractivity contribution in [2.75, 3.05) is 6.54 Å². The van der Waals surface area contributed by atoms with Gasteiger partial charge in [-0.05, 0) is 13.8 Å². The summed E-state index contributed by atoms with van der Waals surface area (Å²) < 4.78 is 2.09. The second-order valence-electron chi connectivity index (χ2n) is 3.78. The average molecular weight is 210 g/mol. The molecule has 0 aliphatic carbocycles. The van der Waals surface area contributed by atoms with Crippen molar-refractivity contribution in [1.82, 2.24) is 14.9 Å². The Hall–Kier alpha value is -1.36. The van der Waals surface area contributed by atoms with Gasteiger partial charge in [-0.3, -0.25) is 4.79 Å². The molecule has 0 bridgehead atoms. The second kappa shape index (κ2) is 5.50. The fourth-order valence-corrected chi connectivity index (χ4v) is 1.36. The Labute approximate surface area is 89.7 Å². The van der Waals surface area contributed by atoms with E-state index in [2.05, 4.69) is 28.7 Å². The fourth-order valence-electron chi connectivity index (χ4n) is 1.36. The van der Waals surface area contributed by atoms with Crippen LogP contribution in [-0.2, 0) is 11.3 Å². The number of carbonyl (C=O) groups is 1. The lowest BCUT2D eigenvalue weighted by molar-refractivity contribution is -0.117. The Bertz CT molecular complexity index is 319. The molecule has 1 amide bonds. The second-order valence-corrected chi connectivity index (χ2v) is 3.78. The Kier molecular flexibility index (Phi) is 4.30. The van der Waals surface area contributed by atoms with E-state index in [0.29, 0.717) is 25.6 Å². The molecule has 0 saturated heterocycles. The van der Waals surface area contributed by atoms with Crippen LogP contribution in [0, 0.1) is 0 Å². The number of carbonyl (C=O) groups excluding carboxylic acids is 1. The molecule has 3 N–H and O–H groups in total. The van der Waals surface area contributed by atoms with E-state index in [1.807, 2.05) is 12.5 Å². The van der Waals surface area contributed by atoms with E-state index in [1.54, 1.807) is 0 Å². The maximum atomic E-state index is 10.5. The van der Waals surface area contributed by atoms with E-state index in [1.165, 1.54) is 0 Å². The number of nitrogens with two attached hydrogens (primary N) is 1. The summed E-state index contributed by atoms with van der Waals surface area (Å²) in [7, 11) is 0. The van der Waals surface area contributed by atoms with Crippen molar-refractivity contribution in [2.24, 2.45) is 5.73 Å². The van der Waals surface area contributed by atoms with E-state index in [0.717, 1.165) is 5.69 Å². The number of amides is 1. The third-order valence-electron chi connectivity index (χ3n) is 2.16. The summed E-state index contributed by atoms with van der Waals surface area (Å²) in [4.78, 5) is 14.6. The normalized spacial score (nSPS) is 10.9. The first-order valence-corrected chi connectivity index (χ1v) is 5.11. The zero-order chi connectivity index (χ0) is 11.3. The van der Waals surface area contributed by atoms with Crippen LogP contribution in [0.2, 0.25) is 0 Å². The molecule has 15 heavy (non-hydrogen) atoms. The Morgan fingerprint density at radius 3 is 3.00 bits per heavy atom. The summed E-state index contributed by atoms with van der Waals surface area (Å²) in [6.07, 6.45) is 4.02. The highest BCUT2D eigenvalue weighted by Gasteiger charge is 2.04. The molecule has 0 aliphatic rings. The molecular formula is C10H18N4O. The van der Waals surface area contributed by atoms with Gasteiger partial charge >= 0.3 is 0 Å². The summed E-state index contributed by atoms with van der Waals surface area (Å²) >= 11 is 0. The van der Waals surface area contributed by atoms with Gasteiger partial charge in [-0.2, -0.15) is 0 Å². The smallest absolute Gasteiger partial charge is 0.218 e. The Morgan fingerprint density at radius 2 is 2.40 bits per heavy atom. The summed E-state index contributed by atoms with van der Waals surface area (Å²) in [6.45, 7) is 5.53. The van der Waals surface area contributed by atoms with E-state index >= 15 is 0 Å². The molecule has 0 spiro atoms. The van der Waals surface area contributed by atoms with Crippen LogP contribution in [0.3, 0.4) is 0 Å². The van der Waals surface area contributed by atoms with Gasteiger partial charge in [-0.25, -0.2) is 4.98 Å². The third-order valence-corrected chi connectivity index (χ3v) is 2.16. The molecule has 5 nitrogen and oxygen atoms in total. The van der Waals surface area contributed by atoms with Crippen molar-refractivity contribution in [3.63, 3.8) is 0 Å². The van der Waals surface area contributed by atoms with Gasteiger partial charge in [0.25, 0.3) is 0 Å². The van der Waals surface area contributed by atoms with E-state index < -0.39 is 0 Å². The number of aromatic nitrogens is 2. The number of imidazole rings is 1. The molecule has 5 heteroatoms. The van der Waals surface area contributed by atoms with E-state index in [4.69, 9.17) is 5.73 Å². The monoisotopic (exact) mass is 210 g/mol. The van der Waals surface area contributed by atoms with Crippen LogP contribution in [0.1, 0.15) is 32.0 Å². The van der Waals surface area contributed by atoms with Gasteiger partial charge in [-0.1, -0.05) is 0 Å². The Balaban J connectivity index is 2.37. The summed E-state index contributed by atoms with van der Waals surface area (Å²) in [5, 5.41) is 3.15. The number of nitrogens with one attached hydrogen (secondary N) is 1. The number of hydrogen-bond acceptors (Lipinski definition) is 3. The van der Waals surface area contributed by atoms with Gasteiger partial charge in [0.05, 0.1) is 12.0 Å². The van der Waals surface area contributed by atoms with Crippen LogP contribution in [0.5, 0.6) is 0 Å². The van der Waals surface area contributed by atoms with E-state index in [9.17, 15) is 4.79 Å². The average Bonchev–Trinajstić information content (AvgIpc) is 2.60. The van der Waals surface area contributed by atoms with Crippen LogP contribution in [-0.4, -0.2) is 22.0 Å². The zero-order valence-electron chi connectivity index (χ0n) is 9.23. The number of nitrogens with zero attached hydrogens (tertiary/aromatic N) is 2. The third kappa shape index (κ3) is 3.71. The summed E-state index contributed by atoms with van der Waals surface area (Å²) in [5.41, 5.74) is 6.15. The fraction of sp³-hybridized carbons (Fsp3) is 0.600. The van der Waals surface area contributed by atoms with Gasteiger partial charge in [0.15, 0.2) is 0 Å². The maximum absolute atomic E-state index is 10.5. The molecule has 1 aromatic rings. The summed E-state index contributed by atoms with van der Waals surface area (Å²) in [6, 6.07) is 0.403. The molecule has 1 heterocycles. The van der Waals surface area contributed by atoms with Crippen LogP contribution >= 0.6 is 0 Å². The topological polar surface area (TPSA) is 72.9 Å². The molecule has 0 radical (unpaired) electrons. The van der Waals surface area contributed by atoms with Gasteiger partial charge < -0.3 is 15.6 Å². The first-order valence-electron chi connectivity index (χ1n) is 5.11. The predicted molar refractivity (Wildman–Crippen MR) is 58.1 cm³/mol. The van der Waals surface area contributed by atoms with Crippen molar-refractivity contribution in [3.05, 3.63) is 18.2 Å². The van der Waals surface area contributed by atoms with Gasteiger partial charge in [0, 0.05) is 31.7 Å². The highest BCUT2D eigenvalue weighted by molar-refractivity contribution is 5.73. The van der Waals surface area contributed by atoms with Crippen LogP contribution in [0.15, 0.2) is 12.5 Å². The number of primary amides is 1. The molecule has 0 atom stereocenters. The Morgan fingerprint density at radius 1 is 1.67 bits per heavy atom. The molecule has 0 unspecified atom stereocenters. The van der Waals surface area contributed by atoms with Crippen molar-refractivity contribution in [3.8, 4) is 0 Å². The van der Waals surface area contributed by atoms with Gasteiger partial charge in [0.1, 0.15) is 0 Å². The number of rotatable bonds is 6. The lowest BCUT2D eigenvalue weighted by Gasteiger charge is -2.11. The highest BCUT2D eigenvalue weighted by Crippen LogP contribution is 2.07. The van der Waals surface area contributed by atoms with Crippen molar-refractivity contribution in [1.29, 1.82) is 0 Å². The van der Waals surface area contributed by atoms with E-state index in [-0.39, 0.29) is 5.91 Å². The molecule has 1 rings (SSSR count). The van der Waals surface area contributed by atoms with Crippen LogP contribution in [0.25, 0.3) is 0 Å². The molecule has 0 saturated carbocycles. The van der Waals surface area contributed by atoms with Gasteiger partial charge in [0.2, 0.25) is 5.91 Å². The lowest BCUT2D eigenvalue weighted by Crippen LogP contribution is -2.22. The molecule has 0 fully saturated rings. The van der Waals surface area contributed by atoms with Gasteiger partial charge in [-0.15, -0.1) is 0 Å². The first-order chi connectivity index (χ1) is 7.11. The highest BCUT2D eigenvalue weighted by atomic mass is 16.1. The minimum absolute atomic E-state index is 0.278. The van der Waals surface area contributed by atoms with Crippen LogP contribution < -0.4 is 11.1 Å². The van der Waals surface area contributed by atoms with Crippen molar-refractivity contribution >= 4 is 5.91 Å². The maximum Gasteiger partial charge on any atom is 0.218 e. The molecular weight excluding hydrogens is 192 g/mol. The molecule has 0 aromatic carbocycles. The first kappa shape index (κ1) is 11.7. The summed E-state index contributed by atoms with van der Waals surface area (Å²) in [5.74, 6) is -0.278. The molecule has 0 aliphatic heterocycles. The minimum Gasteiger partial charge on any atom is -0.370 e. The molecule has 84 valence electrons.